The first-order valence-electron chi connectivity index (χ1n) is 10.4. The molecule has 29 heavy (non-hydrogen) atoms. The molecule has 5 rings (SSSR count). The summed E-state index contributed by atoms with van der Waals surface area (Å²) >= 11 is 1.85. The summed E-state index contributed by atoms with van der Waals surface area (Å²) < 4.78 is 11.0. The molecule has 1 saturated heterocycles. The first kappa shape index (κ1) is 18.9. The Hall–Kier alpha value is -2.10. The van der Waals surface area contributed by atoms with Crippen molar-refractivity contribution in [1.82, 2.24) is 25.0 Å². The van der Waals surface area contributed by atoms with Gasteiger partial charge in [-0.05, 0) is 38.7 Å². The van der Waals surface area contributed by atoms with E-state index in [1.54, 1.807) is 6.33 Å². The first-order valence-corrected chi connectivity index (χ1v) is 11.2. The van der Waals surface area contributed by atoms with Crippen LogP contribution in [-0.2, 0) is 24.1 Å². The molecule has 8 nitrogen and oxygen atoms in total. The molecule has 1 fully saturated rings. The van der Waals surface area contributed by atoms with Crippen molar-refractivity contribution < 1.29 is 9.26 Å². The molecule has 0 N–H and O–H groups in total. The van der Waals surface area contributed by atoms with Crippen molar-refractivity contribution in [1.29, 1.82) is 0 Å². The van der Waals surface area contributed by atoms with Crippen molar-refractivity contribution in [3.05, 3.63) is 28.5 Å². The minimum absolute atomic E-state index is 0.137. The lowest BCUT2D eigenvalue weighted by atomic mass is 10.1. The van der Waals surface area contributed by atoms with Gasteiger partial charge >= 0.3 is 0 Å². The molecule has 0 bridgehead atoms. The summed E-state index contributed by atoms with van der Waals surface area (Å²) in [6.45, 7) is 8.98. The van der Waals surface area contributed by atoms with E-state index in [-0.39, 0.29) is 6.10 Å². The predicted molar refractivity (Wildman–Crippen MR) is 111 cm³/mol. The lowest BCUT2D eigenvalue weighted by molar-refractivity contribution is 0.0683. The van der Waals surface area contributed by atoms with Crippen LogP contribution >= 0.6 is 11.3 Å². The molecule has 3 aromatic heterocycles. The number of anilines is 1. The fourth-order valence-corrected chi connectivity index (χ4v) is 5.51. The van der Waals surface area contributed by atoms with Gasteiger partial charge in [0.2, 0.25) is 5.89 Å². The summed E-state index contributed by atoms with van der Waals surface area (Å²) in [6, 6.07) is 0. The molecule has 0 amide bonds. The molecule has 0 aromatic carbocycles. The molecule has 1 aliphatic carbocycles. The fourth-order valence-electron chi connectivity index (χ4n) is 4.28. The van der Waals surface area contributed by atoms with Gasteiger partial charge in [-0.25, -0.2) is 9.97 Å². The largest absolute Gasteiger partial charge is 0.371 e. The van der Waals surface area contributed by atoms with E-state index >= 15 is 0 Å². The summed E-state index contributed by atoms with van der Waals surface area (Å²) in [4.78, 5) is 21.1. The summed E-state index contributed by atoms with van der Waals surface area (Å²) in [5, 5.41) is 5.36. The van der Waals surface area contributed by atoms with Crippen molar-refractivity contribution in [3.63, 3.8) is 0 Å². The molecule has 0 spiro atoms. The van der Waals surface area contributed by atoms with Gasteiger partial charge < -0.3 is 14.2 Å². The molecular weight excluding hydrogens is 388 g/mol. The normalized spacial score (nSPS) is 18.5. The van der Waals surface area contributed by atoms with Crippen LogP contribution in [0, 0.1) is 0 Å². The average Bonchev–Trinajstić information content (AvgIpc) is 3.44. The quantitative estimate of drug-likeness (QED) is 0.609. The molecule has 3 aromatic rings. The van der Waals surface area contributed by atoms with Crippen molar-refractivity contribution in [2.24, 2.45) is 0 Å². The Labute approximate surface area is 173 Å². The minimum Gasteiger partial charge on any atom is -0.371 e. The second-order valence-corrected chi connectivity index (χ2v) is 8.73. The maximum atomic E-state index is 5.54. The first-order chi connectivity index (χ1) is 14.2. The smallest absolute Gasteiger partial charge is 0.240 e. The predicted octanol–water partition coefficient (Wildman–Crippen LogP) is 2.98. The molecule has 154 valence electrons. The van der Waals surface area contributed by atoms with Gasteiger partial charge in [0, 0.05) is 37.7 Å². The van der Waals surface area contributed by atoms with E-state index in [9.17, 15) is 0 Å². The van der Waals surface area contributed by atoms with E-state index in [4.69, 9.17) is 9.26 Å². The zero-order chi connectivity index (χ0) is 19.8. The Morgan fingerprint density at radius 1 is 1.21 bits per heavy atom. The maximum Gasteiger partial charge on any atom is 0.240 e. The number of nitrogens with zero attached hydrogens (tertiary/aromatic N) is 6. The summed E-state index contributed by atoms with van der Waals surface area (Å²) in [6.07, 6.45) is 5.19. The van der Waals surface area contributed by atoms with Gasteiger partial charge in [0.15, 0.2) is 5.82 Å². The van der Waals surface area contributed by atoms with Crippen LogP contribution in [0.25, 0.3) is 10.2 Å². The third-order valence-corrected chi connectivity index (χ3v) is 6.98. The number of fused-ring (bicyclic) bond motifs is 3. The van der Waals surface area contributed by atoms with Crippen LogP contribution in [0.1, 0.15) is 48.5 Å². The SMILES string of the molecule is CCOC(C)c1noc(CN2CCN(c3ncnc4sc5c(c34)CCC5)CC2)n1. The van der Waals surface area contributed by atoms with E-state index in [1.807, 2.05) is 25.2 Å². The van der Waals surface area contributed by atoms with Gasteiger partial charge in [0.05, 0.1) is 11.9 Å². The molecule has 9 heteroatoms. The number of thiophene rings is 1. The Balaban J connectivity index is 1.25. The monoisotopic (exact) mass is 414 g/mol. The standard InChI is InChI=1S/C20H26N6O2S/c1-3-27-13(2)18-23-16(28-24-18)11-25-7-9-26(10-8-25)19-17-14-5-4-6-15(14)29-20(17)22-12-21-19/h12-13H,3-11H2,1-2H3. The molecule has 0 saturated carbocycles. The summed E-state index contributed by atoms with van der Waals surface area (Å²) in [5.41, 5.74) is 1.49. The molecular formula is C20H26N6O2S. The van der Waals surface area contributed by atoms with E-state index < -0.39 is 0 Å². The number of aryl methyl sites for hydroxylation is 2. The van der Waals surface area contributed by atoms with Gasteiger partial charge in [-0.15, -0.1) is 11.3 Å². The molecule has 1 unspecified atom stereocenters. The number of hydrogen-bond acceptors (Lipinski definition) is 9. The highest BCUT2D eigenvalue weighted by Crippen LogP contribution is 2.40. The number of rotatable bonds is 6. The van der Waals surface area contributed by atoms with E-state index in [2.05, 4.69) is 29.9 Å². The minimum atomic E-state index is -0.137. The van der Waals surface area contributed by atoms with Crippen molar-refractivity contribution in [3.8, 4) is 0 Å². The lowest BCUT2D eigenvalue weighted by Gasteiger charge is -2.35. The number of ether oxygens (including phenoxy) is 1. The maximum absolute atomic E-state index is 5.54. The van der Waals surface area contributed by atoms with Gasteiger partial charge in [-0.2, -0.15) is 4.98 Å². The lowest BCUT2D eigenvalue weighted by Crippen LogP contribution is -2.46. The molecule has 2 aliphatic rings. The Kier molecular flexibility index (Phi) is 5.19. The number of aromatic nitrogens is 4. The highest BCUT2D eigenvalue weighted by molar-refractivity contribution is 7.19. The van der Waals surface area contributed by atoms with Crippen molar-refractivity contribution in [2.75, 3.05) is 37.7 Å². The van der Waals surface area contributed by atoms with Crippen LogP contribution in [0.4, 0.5) is 5.82 Å². The third kappa shape index (κ3) is 3.62. The Morgan fingerprint density at radius 2 is 2.07 bits per heavy atom. The highest BCUT2D eigenvalue weighted by atomic mass is 32.1. The molecule has 1 atom stereocenters. The van der Waals surface area contributed by atoms with E-state index in [0.29, 0.717) is 24.9 Å². The van der Waals surface area contributed by atoms with Gasteiger partial charge in [0.1, 0.15) is 23.1 Å². The summed E-state index contributed by atoms with van der Waals surface area (Å²) in [5.74, 6) is 2.38. The van der Waals surface area contributed by atoms with Gasteiger partial charge in [0.25, 0.3) is 0 Å². The number of piperazine rings is 1. The second-order valence-electron chi connectivity index (χ2n) is 7.64. The zero-order valence-corrected chi connectivity index (χ0v) is 17.7. The fraction of sp³-hybridized carbons (Fsp3) is 0.600. The van der Waals surface area contributed by atoms with Crippen molar-refractivity contribution >= 4 is 27.4 Å². The zero-order valence-electron chi connectivity index (χ0n) is 16.9. The van der Waals surface area contributed by atoms with Crippen LogP contribution in [0.15, 0.2) is 10.9 Å². The van der Waals surface area contributed by atoms with Crippen LogP contribution < -0.4 is 4.90 Å². The molecule has 4 heterocycles. The van der Waals surface area contributed by atoms with Crippen molar-refractivity contribution in [2.45, 2.75) is 45.8 Å². The van der Waals surface area contributed by atoms with E-state index in [0.717, 1.165) is 43.2 Å². The van der Waals surface area contributed by atoms with Crippen LogP contribution in [0.2, 0.25) is 0 Å². The number of hydrogen-bond donors (Lipinski definition) is 0. The molecule has 0 radical (unpaired) electrons. The molecule has 1 aliphatic heterocycles. The average molecular weight is 415 g/mol. The van der Waals surface area contributed by atoms with Gasteiger partial charge in [-0.1, -0.05) is 5.16 Å². The summed E-state index contributed by atoms with van der Waals surface area (Å²) in [7, 11) is 0. The third-order valence-electron chi connectivity index (χ3n) is 5.78. The van der Waals surface area contributed by atoms with Crippen LogP contribution in [0.5, 0.6) is 0 Å². The highest BCUT2D eigenvalue weighted by Gasteiger charge is 2.26. The Bertz CT molecular complexity index is 994. The topological polar surface area (TPSA) is 80.4 Å². The Morgan fingerprint density at radius 3 is 2.90 bits per heavy atom. The second kappa shape index (κ2) is 7.97. The van der Waals surface area contributed by atoms with Crippen LogP contribution in [0.3, 0.4) is 0 Å². The van der Waals surface area contributed by atoms with Crippen LogP contribution in [-0.4, -0.2) is 57.8 Å². The van der Waals surface area contributed by atoms with Gasteiger partial charge in [-0.3, -0.25) is 4.90 Å². The van der Waals surface area contributed by atoms with E-state index in [1.165, 1.54) is 28.7 Å².